The van der Waals surface area contributed by atoms with Gasteiger partial charge in [0, 0.05) is 0 Å². The van der Waals surface area contributed by atoms with E-state index >= 15 is 0 Å². The van der Waals surface area contributed by atoms with Crippen LogP contribution in [0.15, 0.2) is 42.5 Å². The second kappa shape index (κ2) is 7.60. The van der Waals surface area contributed by atoms with Gasteiger partial charge in [0.05, 0.1) is 0 Å². The molecule has 0 heteroatoms. The van der Waals surface area contributed by atoms with Crippen molar-refractivity contribution in [3.63, 3.8) is 0 Å². The Morgan fingerprint density at radius 1 is 0.846 bits per heavy atom. The van der Waals surface area contributed by atoms with Gasteiger partial charge in [-0.1, -0.05) is 42.5 Å². The largest absolute Gasteiger partial charge is 0.0882 e. The molecule has 1 rings (SSSR count). The summed E-state index contributed by atoms with van der Waals surface area (Å²) in [5.74, 6) is 0. The Labute approximate surface area is 81.4 Å². The first-order valence-corrected chi connectivity index (χ1v) is 5.02. The lowest BCUT2D eigenvalue weighted by molar-refractivity contribution is 0.866. The molecule has 0 spiro atoms. The molecule has 0 bridgehead atoms. The van der Waals surface area contributed by atoms with Crippen molar-refractivity contribution >= 4 is 0 Å². The first kappa shape index (κ1) is 10.0. The first-order valence-electron chi connectivity index (χ1n) is 5.02. The molecule has 0 atom stereocenters. The van der Waals surface area contributed by atoms with E-state index < -0.39 is 0 Å². The Morgan fingerprint density at radius 3 is 2.69 bits per heavy atom. The fourth-order valence-corrected chi connectivity index (χ4v) is 1.19. The van der Waals surface area contributed by atoms with Gasteiger partial charge in [-0.25, -0.2) is 0 Å². The smallest absolute Gasteiger partial charge is 0.00946 e. The number of rotatable bonds is 0. The summed E-state index contributed by atoms with van der Waals surface area (Å²) in [6, 6.07) is 0. The highest BCUT2D eigenvalue weighted by molar-refractivity contribution is 5.04. The molecule has 0 unspecified atom stereocenters. The third-order valence-corrected chi connectivity index (χ3v) is 1.93. The highest BCUT2D eigenvalue weighted by atomic mass is 13.9. The lowest BCUT2D eigenvalue weighted by Gasteiger charge is -1.88. The highest BCUT2D eigenvalue weighted by Crippen LogP contribution is 2.00. The molecule has 1 aliphatic carbocycles. The molecule has 0 saturated carbocycles. The lowest BCUT2D eigenvalue weighted by atomic mass is 10.2. The van der Waals surface area contributed by atoms with Crippen molar-refractivity contribution < 1.29 is 0 Å². The summed E-state index contributed by atoms with van der Waals surface area (Å²) in [5.41, 5.74) is 0. The van der Waals surface area contributed by atoms with Crippen molar-refractivity contribution in [3.8, 4) is 0 Å². The van der Waals surface area contributed by atoms with Crippen molar-refractivity contribution in [2.24, 2.45) is 0 Å². The van der Waals surface area contributed by atoms with Gasteiger partial charge in [0.25, 0.3) is 0 Å². The van der Waals surface area contributed by atoms with Crippen molar-refractivity contribution in [2.45, 2.75) is 32.1 Å². The van der Waals surface area contributed by atoms with Crippen LogP contribution < -0.4 is 0 Å². The molecular formula is C13H17. The van der Waals surface area contributed by atoms with Gasteiger partial charge in [-0.3, -0.25) is 0 Å². The normalized spacial score (nSPS) is 28.9. The van der Waals surface area contributed by atoms with E-state index in [0.717, 1.165) is 12.8 Å². The Kier molecular flexibility index (Phi) is 5.87. The Morgan fingerprint density at radius 2 is 1.69 bits per heavy atom. The summed E-state index contributed by atoms with van der Waals surface area (Å²) in [7, 11) is 0. The van der Waals surface area contributed by atoms with E-state index in [0.29, 0.717) is 0 Å². The molecule has 0 aromatic heterocycles. The van der Waals surface area contributed by atoms with Gasteiger partial charge in [0.1, 0.15) is 0 Å². The van der Waals surface area contributed by atoms with Crippen molar-refractivity contribution in [2.75, 3.05) is 0 Å². The van der Waals surface area contributed by atoms with Gasteiger partial charge >= 0.3 is 0 Å². The van der Waals surface area contributed by atoms with E-state index in [2.05, 4.69) is 48.6 Å². The molecule has 0 amide bonds. The van der Waals surface area contributed by atoms with E-state index in [4.69, 9.17) is 0 Å². The minimum Gasteiger partial charge on any atom is -0.0882 e. The fourth-order valence-electron chi connectivity index (χ4n) is 1.19. The molecule has 0 fully saturated rings. The Bertz CT molecular complexity index is 216. The molecule has 13 heavy (non-hydrogen) atoms. The van der Waals surface area contributed by atoms with Crippen LogP contribution in [0, 0.1) is 6.08 Å². The maximum Gasteiger partial charge on any atom is -0.00946 e. The third-order valence-electron chi connectivity index (χ3n) is 1.93. The van der Waals surface area contributed by atoms with Gasteiger partial charge in [0.2, 0.25) is 0 Å². The van der Waals surface area contributed by atoms with Crippen LogP contribution in [0.3, 0.4) is 0 Å². The van der Waals surface area contributed by atoms with Gasteiger partial charge < -0.3 is 0 Å². The highest BCUT2D eigenvalue weighted by Gasteiger charge is 1.80. The molecule has 0 aliphatic heterocycles. The molecule has 1 radical (unpaired) electrons. The molecule has 0 saturated heterocycles. The minimum absolute atomic E-state index is 0.929. The Balaban J connectivity index is 2.38. The fraction of sp³-hybridized carbons (Fsp3) is 0.385. The standard InChI is InChI=1S/C13H17/c1-2-4-6-8-10-12-13-11-9-7-5-3-1/h1-4,10-11,13H,5-7,9,12H2/b3-1-,4-2+,10-8?,13-11+. The third kappa shape index (κ3) is 6.15. The van der Waals surface area contributed by atoms with E-state index in [1.807, 2.05) is 0 Å². The SMILES string of the molecule is [C]1=C/C/C=C/CCC/C=C\C=C\C/1. The predicted molar refractivity (Wildman–Crippen MR) is 58.3 cm³/mol. The molecular weight excluding hydrogens is 156 g/mol. The first-order chi connectivity index (χ1) is 6.50. The van der Waals surface area contributed by atoms with Crippen molar-refractivity contribution in [3.05, 3.63) is 48.6 Å². The van der Waals surface area contributed by atoms with Gasteiger partial charge in [-0.05, 0) is 38.2 Å². The van der Waals surface area contributed by atoms with Crippen LogP contribution in [-0.4, -0.2) is 0 Å². The van der Waals surface area contributed by atoms with E-state index in [1.54, 1.807) is 0 Å². The van der Waals surface area contributed by atoms with Crippen LogP contribution in [0.1, 0.15) is 32.1 Å². The van der Waals surface area contributed by atoms with Crippen LogP contribution in [0.4, 0.5) is 0 Å². The summed E-state index contributed by atoms with van der Waals surface area (Å²) in [5, 5.41) is 0. The maximum atomic E-state index is 3.23. The average molecular weight is 173 g/mol. The number of hydrogen-bond donors (Lipinski definition) is 0. The zero-order valence-corrected chi connectivity index (χ0v) is 8.08. The summed E-state index contributed by atoms with van der Waals surface area (Å²) >= 11 is 0. The van der Waals surface area contributed by atoms with Gasteiger partial charge in [-0.15, -0.1) is 0 Å². The van der Waals surface area contributed by atoms with Gasteiger partial charge in [0.15, 0.2) is 0 Å². The molecule has 0 aromatic carbocycles. The summed E-state index contributed by atoms with van der Waals surface area (Å²) in [6.45, 7) is 0. The minimum atomic E-state index is 0.929. The van der Waals surface area contributed by atoms with Crippen LogP contribution in [0.25, 0.3) is 0 Å². The Hall–Kier alpha value is -1.04. The van der Waals surface area contributed by atoms with Crippen LogP contribution in [0.5, 0.6) is 0 Å². The molecule has 0 N–H and O–H groups in total. The second-order valence-corrected chi connectivity index (χ2v) is 3.11. The average Bonchev–Trinajstić information content (AvgIpc) is 2.18. The van der Waals surface area contributed by atoms with Crippen LogP contribution >= 0.6 is 0 Å². The maximum absolute atomic E-state index is 3.23. The summed E-state index contributed by atoms with van der Waals surface area (Å²) in [6.07, 6.45) is 24.0. The topological polar surface area (TPSA) is 0 Å². The molecule has 69 valence electrons. The van der Waals surface area contributed by atoms with E-state index in [9.17, 15) is 0 Å². The van der Waals surface area contributed by atoms with E-state index in [1.165, 1.54) is 19.3 Å². The monoisotopic (exact) mass is 173 g/mol. The molecule has 0 aromatic rings. The molecule has 0 nitrogen and oxygen atoms in total. The van der Waals surface area contributed by atoms with Crippen molar-refractivity contribution in [1.29, 1.82) is 0 Å². The zero-order chi connectivity index (χ0) is 9.19. The molecule has 0 heterocycles. The second-order valence-electron chi connectivity index (χ2n) is 3.11. The lowest BCUT2D eigenvalue weighted by Crippen LogP contribution is -1.68. The van der Waals surface area contributed by atoms with Crippen LogP contribution in [-0.2, 0) is 0 Å². The predicted octanol–water partition coefficient (Wildman–Crippen LogP) is 3.98. The quantitative estimate of drug-likeness (QED) is 0.486. The summed E-state index contributed by atoms with van der Waals surface area (Å²) < 4.78 is 0. The van der Waals surface area contributed by atoms with Crippen molar-refractivity contribution in [1.82, 2.24) is 0 Å². The van der Waals surface area contributed by atoms with E-state index in [-0.39, 0.29) is 0 Å². The number of allylic oxidation sites excluding steroid dienone is 8. The number of hydrogen-bond acceptors (Lipinski definition) is 0. The van der Waals surface area contributed by atoms with Crippen LogP contribution in [0.2, 0.25) is 0 Å². The molecule has 1 aliphatic rings. The zero-order valence-electron chi connectivity index (χ0n) is 8.08. The van der Waals surface area contributed by atoms with Gasteiger partial charge in [-0.2, -0.15) is 0 Å². The summed E-state index contributed by atoms with van der Waals surface area (Å²) in [4.78, 5) is 0.